The van der Waals surface area contributed by atoms with E-state index >= 15 is 0 Å². The SMILES string of the molecule is CCNC(=NCc1cccc(NC(C)=O)c1)NCc1nc(C)c(C)s1.I. The molecule has 0 aliphatic heterocycles. The number of rotatable bonds is 6. The van der Waals surface area contributed by atoms with Gasteiger partial charge in [0.05, 0.1) is 18.8 Å². The van der Waals surface area contributed by atoms with Gasteiger partial charge in [-0.25, -0.2) is 9.98 Å². The molecule has 0 radical (unpaired) electrons. The summed E-state index contributed by atoms with van der Waals surface area (Å²) in [6.45, 7) is 9.60. The first-order valence-electron chi connectivity index (χ1n) is 8.29. The van der Waals surface area contributed by atoms with Crippen molar-refractivity contribution in [2.75, 3.05) is 11.9 Å². The maximum atomic E-state index is 11.2. The second-order valence-electron chi connectivity index (χ2n) is 5.68. The maximum absolute atomic E-state index is 11.2. The number of carbonyl (C=O) groups excluding carboxylic acids is 1. The number of nitrogens with one attached hydrogen (secondary N) is 3. The lowest BCUT2D eigenvalue weighted by Gasteiger charge is -2.10. The number of halogens is 1. The average Bonchev–Trinajstić information content (AvgIpc) is 2.88. The van der Waals surface area contributed by atoms with Crippen LogP contribution in [0.2, 0.25) is 0 Å². The number of hydrogen-bond donors (Lipinski definition) is 3. The molecule has 0 saturated heterocycles. The van der Waals surface area contributed by atoms with Crippen LogP contribution in [0, 0.1) is 13.8 Å². The average molecular weight is 487 g/mol. The Hall–Kier alpha value is -1.68. The van der Waals surface area contributed by atoms with Gasteiger partial charge in [-0.15, -0.1) is 35.3 Å². The summed E-state index contributed by atoms with van der Waals surface area (Å²) < 4.78 is 0. The van der Waals surface area contributed by atoms with E-state index in [1.165, 1.54) is 11.8 Å². The summed E-state index contributed by atoms with van der Waals surface area (Å²) in [5.41, 5.74) is 2.90. The zero-order valence-corrected chi connectivity index (χ0v) is 18.7. The Labute approximate surface area is 175 Å². The highest BCUT2D eigenvalue weighted by atomic mass is 127. The minimum atomic E-state index is -0.0790. The van der Waals surface area contributed by atoms with Gasteiger partial charge in [-0.1, -0.05) is 12.1 Å². The number of nitrogens with zero attached hydrogens (tertiary/aromatic N) is 2. The van der Waals surface area contributed by atoms with Crippen LogP contribution in [0.1, 0.15) is 35.0 Å². The fraction of sp³-hybridized carbons (Fsp3) is 0.389. The van der Waals surface area contributed by atoms with Crippen molar-refractivity contribution < 1.29 is 4.79 Å². The summed E-state index contributed by atoms with van der Waals surface area (Å²) in [7, 11) is 0. The van der Waals surface area contributed by atoms with Gasteiger partial charge >= 0.3 is 0 Å². The third kappa shape index (κ3) is 7.28. The van der Waals surface area contributed by atoms with Crippen LogP contribution < -0.4 is 16.0 Å². The van der Waals surface area contributed by atoms with E-state index in [1.807, 2.05) is 38.1 Å². The lowest BCUT2D eigenvalue weighted by Crippen LogP contribution is -2.36. The highest BCUT2D eigenvalue weighted by molar-refractivity contribution is 14.0. The topological polar surface area (TPSA) is 78.4 Å². The molecule has 0 aliphatic rings. The third-order valence-corrected chi connectivity index (χ3v) is 4.56. The number of anilines is 1. The smallest absolute Gasteiger partial charge is 0.221 e. The minimum absolute atomic E-state index is 0. The summed E-state index contributed by atoms with van der Waals surface area (Å²) in [5.74, 6) is 0.669. The molecule has 0 spiro atoms. The first-order valence-corrected chi connectivity index (χ1v) is 9.11. The number of aliphatic imine (C=N–C) groups is 1. The molecule has 3 N–H and O–H groups in total. The summed E-state index contributed by atoms with van der Waals surface area (Å²) in [5, 5.41) is 10.4. The molecule has 0 unspecified atom stereocenters. The predicted molar refractivity (Wildman–Crippen MR) is 119 cm³/mol. The molecule has 1 heterocycles. The number of amides is 1. The van der Waals surface area contributed by atoms with Crippen molar-refractivity contribution in [3.8, 4) is 0 Å². The van der Waals surface area contributed by atoms with Gasteiger partial charge in [-0.05, 0) is 38.5 Å². The van der Waals surface area contributed by atoms with Gasteiger partial charge in [-0.2, -0.15) is 0 Å². The number of aryl methyl sites for hydroxylation is 2. The van der Waals surface area contributed by atoms with Crippen LogP contribution in [-0.2, 0) is 17.9 Å². The zero-order chi connectivity index (χ0) is 18.2. The molecule has 8 heteroatoms. The Balaban J connectivity index is 0.00000338. The highest BCUT2D eigenvalue weighted by Gasteiger charge is 2.05. The molecule has 26 heavy (non-hydrogen) atoms. The standard InChI is InChI=1S/C18H25N5OS.HI/c1-5-19-18(21-11-17-22-12(2)13(3)25-17)20-10-15-7-6-8-16(9-15)23-14(4)24;/h6-9H,5,10-11H2,1-4H3,(H,23,24)(H2,19,20,21);1H. The van der Waals surface area contributed by atoms with Crippen molar-refractivity contribution in [3.05, 3.63) is 45.4 Å². The second-order valence-corrected chi connectivity index (χ2v) is 6.97. The molecule has 0 atom stereocenters. The van der Waals surface area contributed by atoms with E-state index in [0.717, 1.165) is 34.5 Å². The van der Waals surface area contributed by atoms with Crippen molar-refractivity contribution in [2.45, 2.75) is 40.8 Å². The highest BCUT2D eigenvalue weighted by Crippen LogP contribution is 2.16. The monoisotopic (exact) mass is 487 g/mol. The van der Waals surface area contributed by atoms with Crippen LogP contribution in [0.5, 0.6) is 0 Å². The van der Waals surface area contributed by atoms with Crippen molar-refractivity contribution in [1.82, 2.24) is 15.6 Å². The first-order chi connectivity index (χ1) is 12.0. The van der Waals surface area contributed by atoms with Crippen LogP contribution >= 0.6 is 35.3 Å². The molecule has 6 nitrogen and oxygen atoms in total. The number of thiazole rings is 1. The van der Waals surface area contributed by atoms with Gasteiger partial charge in [0.25, 0.3) is 0 Å². The number of aromatic nitrogens is 1. The summed E-state index contributed by atoms with van der Waals surface area (Å²) in [4.78, 5) is 21.5. The van der Waals surface area contributed by atoms with Crippen LogP contribution in [-0.4, -0.2) is 23.4 Å². The molecular weight excluding hydrogens is 461 g/mol. The van der Waals surface area contributed by atoms with Crippen LogP contribution in [0.3, 0.4) is 0 Å². The van der Waals surface area contributed by atoms with Crippen molar-refractivity contribution in [1.29, 1.82) is 0 Å². The fourth-order valence-electron chi connectivity index (χ4n) is 2.24. The molecule has 2 aromatic rings. The largest absolute Gasteiger partial charge is 0.357 e. The third-order valence-electron chi connectivity index (χ3n) is 3.49. The Kier molecular flexibility index (Phi) is 9.57. The number of hydrogen-bond acceptors (Lipinski definition) is 4. The van der Waals surface area contributed by atoms with Gasteiger partial charge < -0.3 is 16.0 Å². The summed E-state index contributed by atoms with van der Waals surface area (Å²) >= 11 is 1.70. The Morgan fingerprint density at radius 3 is 2.65 bits per heavy atom. The molecular formula is C18H26IN5OS. The molecule has 2 rings (SSSR count). The van der Waals surface area contributed by atoms with Crippen molar-refractivity contribution >= 4 is 52.9 Å². The Morgan fingerprint density at radius 2 is 2.04 bits per heavy atom. The van der Waals surface area contributed by atoms with E-state index in [-0.39, 0.29) is 29.9 Å². The van der Waals surface area contributed by atoms with E-state index < -0.39 is 0 Å². The predicted octanol–water partition coefficient (Wildman–Crippen LogP) is 3.59. The van der Waals surface area contributed by atoms with E-state index in [4.69, 9.17) is 0 Å². The van der Waals surface area contributed by atoms with Gasteiger partial charge in [0.1, 0.15) is 5.01 Å². The van der Waals surface area contributed by atoms with Crippen LogP contribution in [0.4, 0.5) is 5.69 Å². The molecule has 0 fully saturated rings. The Morgan fingerprint density at radius 1 is 1.27 bits per heavy atom. The van der Waals surface area contributed by atoms with Crippen LogP contribution in [0.15, 0.2) is 29.3 Å². The van der Waals surface area contributed by atoms with E-state index in [9.17, 15) is 4.79 Å². The van der Waals surface area contributed by atoms with Gasteiger partial charge in [0, 0.05) is 24.0 Å². The lowest BCUT2D eigenvalue weighted by molar-refractivity contribution is -0.114. The normalized spacial score (nSPS) is 10.8. The van der Waals surface area contributed by atoms with Gasteiger partial charge in [0.15, 0.2) is 5.96 Å². The molecule has 1 amide bonds. The van der Waals surface area contributed by atoms with Gasteiger partial charge in [-0.3, -0.25) is 4.79 Å². The molecule has 142 valence electrons. The summed E-state index contributed by atoms with van der Waals surface area (Å²) in [6.07, 6.45) is 0. The minimum Gasteiger partial charge on any atom is -0.357 e. The Bertz CT molecular complexity index is 740. The zero-order valence-electron chi connectivity index (χ0n) is 15.5. The lowest BCUT2D eigenvalue weighted by atomic mass is 10.2. The van der Waals surface area contributed by atoms with Crippen molar-refractivity contribution in [3.63, 3.8) is 0 Å². The quantitative estimate of drug-likeness (QED) is 0.331. The molecule has 0 bridgehead atoms. The molecule has 0 saturated carbocycles. The molecule has 1 aromatic heterocycles. The van der Waals surface area contributed by atoms with E-state index in [1.54, 1.807) is 11.3 Å². The van der Waals surface area contributed by atoms with Crippen molar-refractivity contribution in [2.24, 2.45) is 4.99 Å². The fourth-order valence-corrected chi connectivity index (χ4v) is 3.11. The number of guanidine groups is 1. The van der Waals surface area contributed by atoms with Crippen LogP contribution in [0.25, 0.3) is 0 Å². The maximum Gasteiger partial charge on any atom is 0.221 e. The number of carbonyl (C=O) groups is 1. The van der Waals surface area contributed by atoms with E-state index in [0.29, 0.717) is 13.1 Å². The first kappa shape index (κ1) is 22.4. The second kappa shape index (κ2) is 11.1. The van der Waals surface area contributed by atoms with Gasteiger partial charge in [0.2, 0.25) is 5.91 Å². The van der Waals surface area contributed by atoms with E-state index in [2.05, 4.69) is 32.9 Å². The molecule has 0 aliphatic carbocycles. The summed E-state index contributed by atoms with van der Waals surface area (Å²) in [6, 6.07) is 7.71. The number of benzene rings is 1. The molecule has 1 aromatic carbocycles.